The number of benzene rings is 2. The largest absolute Gasteiger partial charge is 0.337 e. The number of piperazine rings is 1. The Balaban J connectivity index is 1.62. The Morgan fingerprint density at radius 1 is 0.929 bits per heavy atom. The molecule has 0 aromatic heterocycles. The molecule has 0 saturated carbocycles. The van der Waals surface area contributed by atoms with Gasteiger partial charge in [0.2, 0.25) is 11.8 Å². The number of hydrogen-bond donors (Lipinski definition) is 1. The Morgan fingerprint density at radius 3 is 2.25 bits per heavy atom. The Kier molecular flexibility index (Phi) is 6.34. The number of rotatable bonds is 6. The van der Waals surface area contributed by atoms with E-state index in [0.717, 1.165) is 0 Å². The number of amides is 2. The van der Waals surface area contributed by atoms with Gasteiger partial charge in [-0.15, -0.1) is 0 Å². The molecular weight excluding hydrogens is 354 g/mol. The number of carbonyl (C=O) groups is 3. The molecule has 0 spiro atoms. The zero-order chi connectivity index (χ0) is 19.9. The molecule has 1 fully saturated rings. The van der Waals surface area contributed by atoms with Gasteiger partial charge in [-0.1, -0.05) is 49.0 Å². The second-order valence-corrected chi connectivity index (χ2v) is 6.59. The molecule has 0 radical (unpaired) electrons. The molecule has 2 aromatic rings. The summed E-state index contributed by atoms with van der Waals surface area (Å²) < 4.78 is 0. The maximum atomic E-state index is 12.8. The summed E-state index contributed by atoms with van der Waals surface area (Å²) in [5, 5.41) is 2.86. The fourth-order valence-corrected chi connectivity index (χ4v) is 3.18. The van der Waals surface area contributed by atoms with Crippen LogP contribution in [0.3, 0.4) is 0 Å². The highest BCUT2D eigenvalue weighted by Crippen LogP contribution is 2.19. The van der Waals surface area contributed by atoms with Crippen LogP contribution in [0.25, 0.3) is 0 Å². The lowest BCUT2D eigenvalue weighted by Gasteiger charge is -2.33. The van der Waals surface area contributed by atoms with Crippen molar-refractivity contribution in [2.24, 2.45) is 0 Å². The first-order valence-electron chi connectivity index (χ1n) is 9.21. The summed E-state index contributed by atoms with van der Waals surface area (Å²) in [6, 6.07) is 16.0. The van der Waals surface area contributed by atoms with E-state index in [2.05, 4.69) is 11.9 Å². The van der Waals surface area contributed by atoms with Crippen LogP contribution >= 0.6 is 0 Å². The smallest absolute Gasteiger partial charge is 0.246 e. The molecule has 2 amide bonds. The third kappa shape index (κ3) is 4.72. The van der Waals surface area contributed by atoms with Gasteiger partial charge < -0.3 is 10.2 Å². The zero-order valence-corrected chi connectivity index (χ0v) is 15.6. The lowest BCUT2D eigenvalue weighted by Crippen LogP contribution is -2.50. The van der Waals surface area contributed by atoms with Crippen molar-refractivity contribution in [1.82, 2.24) is 9.80 Å². The Morgan fingerprint density at radius 2 is 1.57 bits per heavy atom. The van der Waals surface area contributed by atoms with Crippen LogP contribution in [0.5, 0.6) is 0 Å². The van der Waals surface area contributed by atoms with Crippen molar-refractivity contribution in [3.05, 3.63) is 78.4 Å². The van der Waals surface area contributed by atoms with Crippen LogP contribution < -0.4 is 5.32 Å². The van der Waals surface area contributed by atoms with Gasteiger partial charge in [-0.3, -0.25) is 19.3 Å². The molecule has 144 valence electrons. The number of nitrogens with one attached hydrogen (secondary N) is 1. The van der Waals surface area contributed by atoms with Crippen LogP contribution in [-0.4, -0.2) is 60.1 Å². The number of carbonyl (C=O) groups excluding carboxylic acids is 3. The van der Waals surface area contributed by atoms with E-state index in [-0.39, 0.29) is 24.1 Å². The van der Waals surface area contributed by atoms with Crippen LogP contribution in [0, 0.1) is 0 Å². The Hall–Kier alpha value is -3.25. The Labute approximate surface area is 164 Å². The van der Waals surface area contributed by atoms with Crippen LogP contribution in [0.1, 0.15) is 15.9 Å². The zero-order valence-electron chi connectivity index (χ0n) is 15.6. The van der Waals surface area contributed by atoms with Crippen LogP contribution in [0.4, 0.5) is 5.69 Å². The predicted molar refractivity (Wildman–Crippen MR) is 108 cm³/mol. The maximum Gasteiger partial charge on any atom is 0.246 e. The van der Waals surface area contributed by atoms with Crippen molar-refractivity contribution in [3.8, 4) is 0 Å². The van der Waals surface area contributed by atoms with Crippen molar-refractivity contribution in [2.45, 2.75) is 0 Å². The van der Waals surface area contributed by atoms with Gasteiger partial charge in [0, 0.05) is 37.3 Å². The first kappa shape index (κ1) is 19.5. The molecule has 2 aromatic carbocycles. The third-order valence-electron chi connectivity index (χ3n) is 4.71. The molecule has 3 rings (SSSR count). The number of ketones is 1. The second-order valence-electron chi connectivity index (χ2n) is 6.59. The van der Waals surface area contributed by atoms with E-state index in [1.54, 1.807) is 41.3 Å². The SMILES string of the molecule is C=CC(=O)N1CCN(CC(=O)Nc2ccccc2C(=O)c2ccccc2)CC1. The van der Waals surface area contributed by atoms with Gasteiger partial charge in [0.15, 0.2) is 5.78 Å². The quantitative estimate of drug-likeness (QED) is 0.619. The predicted octanol–water partition coefficient (Wildman–Crippen LogP) is 2.19. The molecule has 0 aliphatic carbocycles. The molecule has 1 aliphatic heterocycles. The van der Waals surface area contributed by atoms with E-state index in [0.29, 0.717) is 43.0 Å². The van der Waals surface area contributed by atoms with Gasteiger partial charge in [0.05, 0.1) is 12.2 Å². The second kappa shape index (κ2) is 9.10. The minimum atomic E-state index is -0.184. The fourth-order valence-electron chi connectivity index (χ4n) is 3.18. The van der Waals surface area contributed by atoms with E-state index in [4.69, 9.17) is 0 Å². The lowest BCUT2D eigenvalue weighted by molar-refractivity contribution is -0.128. The average Bonchev–Trinajstić information content (AvgIpc) is 2.74. The van der Waals surface area contributed by atoms with Crippen molar-refractivity contribution in [1.29, 1.82) is 0 Å². The fraction of sp³-hybridized carbons (Fsp3) is 0.227. The van der Waals surface area contributed by atoms with Gasteiger partial charge in [-0.05, 0) is 18.2 Å². The summed E-state index contributed by atoms with van der Waals surface area (Å²) in [5.74, 6) is -0.401. The molecule has 0 unspecified atom stereocenters. The van der Waals surface area contributed by atoms with Gasteiger partial charge in [0.1, 0.15) is 0 Å². The van der Waals surface area contributed by atoms with Gasteiger partial charge in [-0.2, -0.15) is 0 Å². The summed E-state index contributed by atoms with van der Waals surface area (Å²) in [5.41, 5.74) is 1.54. The molecular formula is C22H23N3O3. The number of anilines is 1. The van der Waals surface area contributed by atoms with E-state index >= 15 is 0 Å². The summed E-state index contributed by atoms with van der Waals surface area (Å²) in [6.07, 6.45) is 1.31. The first-order chi connectivity index (χ1) is 13.6. The van der Waals surface area contributed by atoms with Gasteiger partial charge >= 0.3 is 0 Å². The molecule has 6 heteroatoms. The van der Waals surface area contributed by atoms with Crippen LogP contribution in [0.2, 0.25) is 0 Å². The summed E-state index contributed by atoms with van der Waals surface area (Å²) >= 11 is 0. The molecule has 1 heterocycles. The summed E-state index contributed by atoms with van der Waals surface area (Å²) in [4.78, 5) is 40.6. The minimum Gasteiger partial charge on any atom is -0.337 e. The Bertz CT molecular complexity index is 872. The van der Waals surface area contributed by atoms with Crippen molar-refractivity contribution in [3.63, 3.8) is 0 Å². The molecule has 1 N–H and O–H groups in total. The maximum absolute atomic E-state index is 12.8. The van der Waals surface area contributed by atoms with Crippen molar-refractivity contribution >= 4 is 23.3 Å². The number of para-hydroxylation sites is 1. The van der Waals surface area contributed by atoms with E-state index in [9.17, 15) is 14.4 Å². The van der Waals surface area contributed by atoms with Crippen LogP contribution in [-0.2, 0) is 9.59 Å². The molecule has 28 heavy (non-hydrogen) atoms. The summed E-state index contributed by atoms with van der Waals surface area (Å²) in [7, 11) is 0. The van der Waals surface area contributed by atoms with E-state index < -0.39 is 0 Å². The normalized spacial score (nSPS) is 14.4. The van der Waals surface area contributed by atoms with Gasteiger partial charge in [0.25, 0.3) is 0 Å². The van der Waals surface area contributed by atoms with Crippen LogP contribution in [0.15, 0.2) is 67.3 Å². The average molecular weight is 377 g/mol. The molecule has 0 atom stereocenters. The highest BCUT2D eigenvalue weighted by molar-refractivity contribution is 6.13. The summed E-state index contributed by atoms with van der Waals surface area (Å²) in [6.45, 7) is 6.10. The van der Waals surface area contributed by atoms with E-state index in [1.165, 1.54) is 6.08 Å². The number of hydrogen-bond acceptors (Lipinski definition) is 4. The molecule has 6 nitrogen and oxygen atoms in total. The number of nitrogens with zero attached hydrogens (tertiary/aromatic N) is 2. The van der Waals surface area contributed by atoms with Gasteiger partial charge in [-0.25, -0.2) is 0 Å². The highest BCUT2D eigenvalue weighted by Gasteiger charge is 2.21. The first-order valence-corrected chi connectivity index (χ1v) is 9.21. The van der Waals surface area contributed by atoms with Crippen molar-refractivity contribution in [2.75, 3.05) is 38.0 Å². The highest BCUT2D eigenvalue weighted by atomic mass is 16.2. The minimum absolute atomic E-state index is 0.0857. The molecule has 1 aliphatic rings. The monoisotopic (exact) mass is 377 g/mol. The third-order valence-corrected chi connectivity index (χ3v) is 4.71. The standard InChI is InChI=1S/C22H23N3O3/c1-2-21(27)25-14-12-24(13-15-25)16-20(26)23-19-11-7-6-10-18(19)22(28)17-8-4-3-5-9-17/h2-11H,1,12-16H2,(H,23,26). The van der Waals surface area contributed by atoms with Crippen molar-refractivity contribution < 1.29 is 14.4 Å². The lowest BCUT2D eigenvalue weighted by atomic mass is 10.0. The molecule has 0 bridgehead atoms. The topological polar surface area (TPSA) is 69.7 Å². The van der Waals surface area contributed by atoms with E-state index in [1.807, 2.05) is 23.1 Å². The molecule has 1 saturated heterocycles.